The summed E-state index contributed by atoms with van der Waals surface area (Å²) in [5, 5.41) is 6.63. The average molecular weight is 504 g/mol. The molecule has 0 aliphatic rings. The highest BCUT2D eigenvalue weighted by Crippen LogP contribution is 2.27. The lowest BCUT2D eigenvalue weighted by molar-refractivity contribution is -0.115. The fourth-order valence-electron chi connectivity index (χ4n) is 2.91. The predicted molar refractivity (Wildman–Crippen MR) is 131 cm³/mol. The second kappa shape index (κ2) is 9.60. The average Bonchev–Trinajstić information content (AvgIpc) is 3.14. The van der Waals surface area contributed by atoms with E-state index < -0.39 is 0 Å². The van der Waals surface area contributed by atoms with Crippen molar-refractivity contribution in [3.8, 4) is 11.3 Å². The molecular weight excluding hydrogens is 484 g/mol. The van der Waals surface area contributed by atoms with Gasteiger partial charge in [-0.15, -0.1) is 0 Å². The molecule has 30 heavy (non-hydrogen) atoms. The van der Waals surface area contributed by atoms with Crippen LogP contribution in [0.25, 0.3) is 17.4 Å². The van der Waals surface area contributed by atoms with Crippen molar-refractivity contribution in [2.45, 2.75) is 20.8 Å². The largest absolute Gasteiger partial charge is 0.457 e. The predicted octanol–water partition coefficient (Wildman–Crippen LogP) is 6.81. The van der Waals surface area contributed by atoms with Crippen molar-refractivity contribution < 1.29 is 9.21 Å². The third-order valence-electron chi connectivity index (χ3n) is 4.45. The summed E-state index contributed by atoms with van der Waals surface area (Å²) < 4.78 is 6.77. The summed E-state index contributed by atoms with van der Waals surface area (Å²) in [6.45, 7) is 5.89. The number of aryl methyl sites for hydroxylation is 3. The van der Waals surface area contributed by atoms with Gasteiger partial charge >= 0.3 is 0 Å². The molecule has 3 rings (SSSR count). The maximum atomic E-state index is 12.2. The van der Waals surface area contributed by atoms with E-state index in [9.17, 15) is 4.79 Å². The number of halogens is 2. The van der Waals surface area contributed by atoms with Gasteiger partial charge in [-0.1, -0.05) is 39.7 Å². The Morgan fingerprint density at radius 1 is 1.07 bits per heavy atom. The minimum atomic E-state index is -0.351. The molecule has 0 fully saturated rings. The SMILES string of the molecule is Cc1ccc(-c2ccc(/C=C/C(=O)NC(=S)Nc3c(C)cc(Br)cc3C)o2)cc1Cl. The Morgan fingerprint density at radius 3 is 2.43 bits per heavy atom. The zero-order valence-corrected chi connectivity index (χ0v) is 19.8. The van der Waals surface area contributed by atoms with E-state index in [1.54, 1.807) is 12.1 Å². The van der Waals surface area contributed by atoms with Gasteiger partial charge < -0.3 is 9.73 Å². The maximum Gasteiger partial charge on any atom is 0.250 e. The molecule has 7 heteroatoms. The normalized spacial score (nSPS) is 11.0. The van der Waals surface area contributed by atoms with Gasteiger partial charge in [0, 0.05) is 26.8 Å². The van der Waals surface area contributed by atoms with Crippen LogP contribution in [0.3, 0.4) is 0 Å². The van der Waals surface area contributed by atoms with E-state index in [1.807, 2.05) is 57.2 Å². The molecule has 0 saturated carbocycles. The molecule has 0 aliphatic carbocycles. The first-order valence-corrected chi connectivity index (χ1v) is 10.7. The molecule has 1 amide bonds. The smallest absolute Gasteiger partial charge is 0.250 e. The fourth-order valence-corrected chi connectivity index (χ4v) is 3.98. The molecule has 0 radical (unpaired) electrons. The second-order valence-corrected chi connectivity index (χ2v) is 8.59. The lowest BCUT2D eigenvalue weighted by atomic mass is 10.1. The number of anilines is 1. The lowest BCUT2D eigenvalue weighted by Gasteiger charge is -2.14. The van der Waals surface area contributed by atoms with Gasteiger partial charge in [0.15, 0.2) is 5.11 Å². The molecule has 0 bridgehead atoms. The van der Waals surface area contributed by atoms with Gasteiger partial charge in [-0.25, -0.2) is 0 Å². The molecule has 154 valence electrons. The van der Waals surface area contributed by atoms with Crippen molar-refractivity contribution >= 4 is 62.5 Å². The van der Waals surface area contributed by atoms with Gasteiger partial charge in [0.25, 0.3) is 0 Å². The number of furan rings is 1. The van der Waals surface area contributed by atoms with E-state index in [1.165, 1.54) is 6.08 Å². The molecule has 0 saturated heterocycles. The number of thiocarbonyl (C=S) groups is 1. The topological polar surface area (TPSA) is 54.3 Å². The Balaban J connectivity index is 1.62. The van der Waals surface area contributed by atoms with Crippen molar-refractivity contribution in [3.63, 3.8) is 0 Å². The Kier molecular flexibility index (Phi) is 7.13. The van der Waals surface area contributed by atoms with Crippen LogP contribution in [0.2, 0.25) is 5.02 Å². The van der Waals surface area contributed by atoms with Gasteiger partial charge in [0.1, 0.15) is 11.5 Å². The van der Waals surface area contributed by atoms with E-state index in [0.717, 1.165) is 32.4 Å². The number of carbonyl (C=O) groups is 1. The lowest BCUT2D eigenvalue weighted by Crippen LogP contribution is -2.33. The summed E-state index contributed by atoms with van der Waals surface area (Å²) in [4.78, 5) is 12.2. The van der Waals surface area contributed by atoms with Crippen molar-refractivity contribution in [1.29, 1.82) is 0 Å². The molecular formula is C23H20BrClN2O2S. The molecule has 4 nitrogen and oxygen atoms in total. The third kappa shape index (κ3) is 5.59. The summed E-state index contributed by atoms with van der Waals surface area (Å²) in [7, 11) is 0. The van der Waals surface area contributed by atoms with Crippen molar-refractivity contribution in [1.82, 2.24) is 5.32 Å². The van der Waals surface area contributed by atoms with Crippen LogP contribution in [0, 0.1) is 20.8 Å². The first kappa shape index (κ1) is 22.3. The van der Waals surface area contributed by atoms with Crippen LogP contribution in [0.5, 0.6) is 0 Å². The number of hydrogen-bond donors (Lipinski definition) is 2. The Hall–Kier alpha value is -2.41. The highest BCUT2D eigenvalue weighted by atomic mass is 79.9. The standard InChI is InChI=1S/C23H20BrClN2O2S/c1-13-4-5-16(12-19(13)25)20-8-6-18(29-20)7-9-21(28)26-23(30)27-22-14(2)10-17(24)11-15(22)3/h4-12H,1-3H3,(H2,26,27,28,30)/b9-7+. The van der Waals surface area contributed by atoms with Gasteiger partial charge in [-0.05, 0) is 86.1 Å². The number of carbonyl (C=O) groups excluding carboxylic acids is 1. The molecule has 0 aliphatic heterocycles. The number of benzene rings is 2. The first-order valence-electron chi connectivity index (χ1n) is 9.16. The quantitative estimate of drug-likeness (QED) is 0.303. The van der Waals surface area contributed by atoms with E-state index >= 15 is 0 Å². The maximum absolute atomic E-state index is 12.2. The Bertz CT molecular complexity index is 1130. The molecule has 2 N–H and O–H groups in total. The summed E-state index contributed by atoms with van der Waals surface area (Å²) in [6.07, 6.45) is 2.97. The van der Waals surface area contributed by atoms with Crippen LogP contribution in [0.15, 0.2) is 57.4 Å². The van der Waals surface area contributed by atoms with Gasteiger partial charge in [-0.2, -0.15) is 0 Å². The van der Waals surface area contributed by atoms with Crippen LogP contribution in [-0.4, -0.2) is 11.0 Å². The summed E-state index contributed by atoms with van der Waals surface area (Å²) in [6, 6.07) is 13.3. The monoisotopic (exact) mass is 502 g/mol. The molecule has 0 spiro atoms. The van der Waals surface area contributed by atoms with E-state index in [2.05, 4.69) is 26.6 Å². The number of amides is 1. The second-order valence-electron chi connectivity index (χ2n) is 6.86. The van der Waals surface area contributed by atoms with E-state index in [0.29, 0.717) is 16.5 Å². The van der Waals surface area contributed by atoms with Crippen LogP contribution in [-0.2, 0) is 4.79 Å². The zero-order valence-electron chi connectivity index (χ0n) is 16.7. The summed E-state index contributed by atoms with van der Waals surface area (Å²) in [5.41, 5.74) is 4.80. The summed E-state index contributed by atoms with van der Waals surface area (Å²) >= 11 is 14.9. The van der Waals surface area contributed by atoms with Crippen molar-refractivity contribution in [2.75, 3.05) is 5.32 Å². The summed E-state index contributed by atoms with van der Waals surface area (Å²) in [5.74, 6) is 0.877. The van der Waals surface area contributed by atoms with Gasteiger partial charge in [0.2, 0.25) is 5.91 Å². The van der Waals surface area contributed by atoms with Crippen LogP contribution >= 0.6 is 39.7 Å². The fraction of sp³-hybridized carbons (Fsp3) is 0.130. The minimum Gasteiger partial charge on any atom is -0.457 e. The Morgan fingerprint density at radius 2 is 1.77 bits per heavy atom. The van der Waals surface area contributed by atoms with E-state index in [4.69, 9.17) is 28.2 Å². The first-order chi connectivity index (χ1) is 14.2. The molecule has 0 atom stereocenters. The molecule has 1 aromatic heterocycles. The molecule has 3 aromatic rings. The number of nitrogens with one attached hydrogen (secondary N) is 2. The van der Waals surface area contributed by atoms with Crippen LogP contribution in [0.1, 0.15) is 22.5 Å². The third-order valence-corrected chi connectivity index (χ3v) is 5.52. The molecule has 1 heterocycles. The number of hydrogen-bond acceptors (Lipinski definition) is 3. The molecule has 0 unspecified atom stereocenters. The van der Waals surface area contributed by atoms with Gasteiger partial charge in [-0.3, -0.25) is 10.1 Å². The zero-order chi connectivity index (χ0) is 21.8. The van der Waals surface area contributed by atoms with E-state index in [-0.39, 0.29) is 11.0 Å². The van der Waals surface area contributed by atoms with Crippen LogP contribution in [0.4, 0.5) is 5.69 Å². The Labute approximate surface area is 194 Å². The molecule has 2 aromatic carbocycles. The van der Waals surface area contributed by atoms with Crippen molar-refractivity contribution in [2.24, 2.45) is 0 Å². The highest BCUT2D eigenvalue weighted by Gasteiger charge is 2.09. The van der Waals surface area contributed by atoms with Crippen molar-refractivity contribution in [3.05, 3.63) is 80.5 Å². The number of rotatable bonds is 4. The van der Waals surface area contributed by atoms with Gasteiger partial charge in [0.05, 0.1) is 0 Å². The highest BCUT2D eigenvalue weighted by molar-refractivity contribution is 9.10. The minimum absolute atomic E-state index is 0.229. The van der Waals surface area contributed by atoms with Crippen LogP contribution < -0.4 is 10.6 Å².